The number of hydrogen-bond acceptors (Lipinski definition) is 4. The zero-order chi connectivity index (χ0) is 12.6. The van der Waals surface area contributed by atoms with Crippen molar-refractivity contribution >= 4 is 0 Å². The van der Waals surface area contributed by atoms with Crippen molar-refractivity contribution in [2.75, 3.05) is 19.6 Å². The van der Waals surface area contributed by atoms with E-state index in [0.717, 1.165) is 25.5 Å². The van der Waals surface area contributed by atoms with Crippen molar-refractivity contribution < 1.29 is 0 Å². The van der Waals surface area contributed by atoms with E-state index < -0.39 is 0 Å². The molecule has 1 aliphatic rings. The molecule has 4 heteroatoms. The molecule has 0 saturated carbocycles. The summed E-state index contributed by atoms with van der Waals surface area (Å²) in [5.74, 6) is 0.937. The lowest BCUT2D eigenvalue weighted by Crippen LogP contribution is -2.38. The molecule has 2 rings (SSSR count). The van der Waals surface area contributed by atoms with Gasteiger partial charge in [0.15, 0.2) is 0 Å². The molecule has 1 aliphatic heterocycles. The van der Waals surface area contributed by atoms with Crippen LogP contribution < -0.4 is 5.32 Å². The number of rotatable bonds is 7. The second kappa shape index (κ2) is 7.44. The van der Waals surface area contributed by atoms with Gasteiger partial charge in [0.2, 0.25) is 0 Å². The van der Waals surface area contributed by atoms with Crippen LogP contribution in [0, 0.1) is 0 Å². The van der Waals surface area contributed by atoms with E-state index in [-0.39, 0.29) is 0 Å². The van der Waals surface area contributed by atoms with Crippen molar-refractivity contribution in [3.05, 3.63) is 24.3 Å². The summed E-state index contributed by atoms with van der Waals surface area (Å²) in [5.41, 5.74) is 0. The van der Waals surface area contributed by atoms with Gasteiger partial charge in [-0.05, 0) is 38.4 Å². The van der Waals surface area contributed by atoms with Crippen molar-refractivity contribution in [3.63, 3.8) is 0 Å². The van der Waals surface area contributed by atoms with Crippen LogP contribution in [0.5, 0.6) is 0 Å². The summed E-state index contributed by atoms with van der Waals surface area (Å²) in [4.78, 5) is 11.1. The first-order chi connectivity index (χ1) is 8.88. The van der Waals surface area contributed by atoms with E-state index in [1.165, 1.54) is 32.2 Å². The first kappa shape index (κ1) is 13.4. The normalized spacial score (nSPS) is 19.6. The van der Waals surface area contributed by atoms with Gasteiger partial charge in [-0.3, -0.25) is 4.90 Å². The molecular weight excluding hydrogens is 224 g/mol. The molecule has 1 aromatic heterocycles. The SMILES string of the molecule is CCCCN(Cc1ncccn1)CC1CCCN1. The molecular formula is C14H24N4. The lowest BCUT2D eigenvalue weighted by atomic mass is 10.2. The first-order valence-electron chi connectivity index (χ1n) is 7.10. The highest BCUT2D eigenvalue weighted by Crippen LogP contribution is 2.09. The van der Waals surface area contributed by atoms with Crippen molar-refractivity contribution in [2.24, 2.45) is 0 Å². The average molecular weight is 248 g/mol. The van der Waals surface area contributed by atoms with Gasteiger partial charge < -0.3 is 5.32 Å². The van der Waals surface area contributed by atoms with Crippen LogP contribution in [-0.4, -0.2) is 40.5 Å². The molecule has 1 N–H and O–H groups in total. The highest BCUT2D eigenvalue weighted by molar-refractivity contribution is 4.89. The van der Waals surface area contributed by atoms with Crippen LogP contribution in [0.4, 0.5) is 0 Å². The lowest BCUT2D eigenvalue weighted by Gasteiger charge is -2.24. The van der Waals surface area contributed by atoms with Gasteiger partial charge in [0, 0.05) is 25.0 Å². The topological polar surface area (TPSA) is 41.1 Å². The summed E-state index contributed by atoms with van der Waals surface area (Å²) in [5, 5.41) is 3.57. The number of hydrogen-bond donors (Lipinski definition) is 1. The van der Waals surface area contributed by atoms with Crippen LogP contribution in [0.1, 0.15) is 38.4 Å². The molecule has 1 fully saturated rings. The third kappa shape index (κ3) is 4.35. The fourth-order valence-corrected chi connectivity index (χ4v) is 2.45. The van der Waals surface area contributed by atoms with Gasteiger partial charge in [0.05, 0.1) is 6.54 Å². The van der Waals surface area contributed by atoms with Gasteiger partial charge in [0.25, 0.3) is 0 Å². The zero-order valence-electron chi connectivity index (χ0n) is 11.3. The van der Waals surface area contributed by atoms with Crippen LogP contribution in [0.2, 0.25) is 0 Å². The van der Waals surface area contributed by atoms with Crippen molar-refractivity contribution in [1.29, 1.82) is 0 Å². The third-order valence-electron chi connectivity index (χ3n) is 3.45. The van der Waals surface area contributed by atoms with Crippen LogP contribution in [0.25, 0.3) is 0 Å². The van der Waals surface area contributed by atoms with Crippen molar-refractivity contribution in [3.8, 4) is 0 Å². The van der Waals surface area contributed by atoms with E-state index in [2.05, 4.69) is 27.1 Å². The number of nitrogens with zero attached hydrogens (tertiary/aromatic N) is 3. The fraction of sp³-hybridized carbons (Fsp3) is 0.714. The van der Waals surface area contributed by atoms with E-state index in [4.69, 9.17) is 0 Å². The summed E-state index contributed by atoms with van der Waals surface area (Å²) < 4.78 is 0. The summed E-state index contributed by atoms with van der Waals surface area (Å²) in [7, 11) is 0. The first-order valence-corrected chi connectivity index (χ1v) is 7.10. The Morgan fingerprint density at radius 2 is 2.22 bits per heavy atom. The molecule has 0 radical (unpaired) electrons. The van der Waals surface area contributed by atoms with E-state index in [9.17, 15) is 0 Å². The van der Waals surface area contributed by atoms with Gasteiger partial charge in [-0.15, -0.1) is 0 Å². The summed E-state index contributed by atoms with van der Waals surface area (Å²) in [6, 6.07) is 2.53. The largest absolute Gasteiger partial charge is 0.313 e. The Hall–Kier alpha value is -1.00. The highest BCUT2D eigenvalue weighted by atomic mass is 15.2. The summed E-state index contributed by atoms with van der Waals surface area (Å²) in [6.45, 7) is 6.56. The zero-order valence-corrected chi connectivity index (χ0v) is 11.3. The molecule has 18 heavy (non-hydrogen) atoms. The van der Waals surface area contributed by atoms with E-state index in [0.29, 0.717) is 6.04 Å². The van der Waals surface area contributed by atoms with Crippen LogP contribution in [-0.2, 0) is 6.54 Å². The summed E-state index contributed by atoms with van der Waals surface area (Å²) in [6.07, 6.45) is 8.76. The van der Waals surface area contributed by atoms with Gasteiger partial charge in [-0.25, -0.2) is 9.97 Å². The average Bonchev–Trinajstić information content (AvgIpc) is 2.90. The summed E-state index contributed by atoms with van der Waals surface area (Å²) >= 11 is 0. The van der Waals surface area contributed by atoms with Crippen molar-refractivity contribution in [2.45, 2.75) is 45.2 Å². The second-order valence-electron chi connectivity index (χ2n) is 5.05. The fourth-order valence-electron chi connectivity index (χ4n) is 2.45. The molecule has 1 aromatic rings. The smallest absolute Gasteiger partial charge is 0.142 e. The minimum atomic E-state index is 0.658. The molecule has 2 heterocycles. The maximum atomic E-state index is 4.33. The van der Waals surface area contributed by atoms with Gasteiger partial charge in [-0.1, -0.05) is 13.3 Å². The molecule has 0 aromatic carbocycles. The van der Waals surface area contributed by atoms with E-state index >= 15 is 0 Å². The van der Waals surface area contributed by atoms with E-state index in [1.54, 1.807) is 0 Å². The number of unbranched alkanes of at least 4 members (excludes halogenated alkanes) is 1. The number of aromatic nitrogens is 2. The molecule has 0 bridgehead atoms. The van der Waals surface area contributed by atoms with Gasteiger partial charge in [0.1, 0.15) is 5.82 Å². The Morgan fingerprint density at radius 3 is 2.89 bits per heavy atom. The van der Waals surface area contributed by atoms with Crippen molar-refractivity contribution in [1.82, 2.24) is 20.2 Å². The van der Waals surface area contributed by atoms with Crippen LogP contribution in [0.15, 0.2) is 18.5 Å². The quantitative estimate of drug-likeness (QED) is 0.799. The molecule has 1 unspecified atom stereocenters. The Morgan fingerprint density at radius 1 is 1.39 bits per heavy atom. The molecule has 0 spiro atoms. The monoisotopic (exact) mass is 248 g/mol. The highest BCUT2D eigenvalue weighted by Gasteiger charge is 2.18. The van der Waals surface area contributed by atoms with Gasteiger partial charge >= 0.3 is 0 Å². The standard InChI is InChI=1S/C14H24N4/c1-2-3-10-18(11-13-6-4-7-15-13)12-14-16-8-5-9-17-14/h5,8-9,13,15H,2-4,6-7,10-12H2,1H3. The number of nitrogens with one attached hydrogen (secondary N) is 1. The lowest BCUT2D eigenvalue weighted by molar-refractivity contribution is 0.232. The molecule has 0 amide bonds. The minimum Gasteiger partial charge on any atom is -0.313 e. The molecule has 1 saturated heterocycles. The Bertz CT molecular complexity index is 322. The molecule has 0 aliphatic carbocycles. The third-order valence-corrected chi connectivity index (χ3v) is 3.45. The molecule has 4 nitrogen and oxygen atoms in total. The minimum absolute atomic E-state index is 0.658. The van der Waals surface area contributed by atoms with E-state index in [1.807, 2.05) is 18.5 Å². The maximum Gasteiger partial charge on any atom is 0.142 e. The Kier molecular flexibility index (Phi) is 5.55. The maximum absolute atomic E-state index is 4.33. The molecule has 100 valence electrons. The Balaban J connectivity index is 1.87. The molecule has 1 atom stereocenters. The van der Waals surface area contributed by atoms with Gasteiger partial charge in [-0.2, -0.15) is 0 Å². The predicted octanol–water partition coefficient (Wildman–Crippen LogP) is 1.83. The van der Waals surface area contributed by atoms with Crippen LogP contribution >= 0.6 is 0 Å². The van der Waals surface area contributed by atoms with Crippen LogP contribution in [0.3, 0.4) is 0 Å². The predicted molar refractivity (Wildman–Crippen MR) is 73.2 cm³/mol. The second-order valence-corrected chi connectivity index (χ2v) is 5.05. The Labute approximate surface area is 110 Å².